The van der Waals surface area contributed by atoms with E-state index in [4.69, 9.17) is 9.47 Å². The average molecular weight is 312 g/mol. The van der Waals surface area contributed by atoms with E-state index in [0.29, 0.717) is 10.5 Å². The highest BCUT2D eigenvalue weighted by atomic mass is 32.2. The van der Waals surface area contributed by atoms with Crippen molar-refractivity contribution < 1.29 is 28.6 Å². The van der Waals surface area contributed by atoms with Gasteiger partial charge >= 0.3 is 17.9 Å². The molecule has 0 fully saturated rings. The fraction of sp³-hybridized carbons (Fsp3) is 0.357. The van der Waals surface area contributed by atoms with Crippen LogP contribution in [0.1, 0.15) is 33.2 Å². The molecule has 0 radical (unpaired) electrons. The van der Waals surface area contributed by atoms with Gasteiger partial charge in [0.1, 0.15) is 5.75 Å². The van der Waals surface area contributed by atoms with E-state index in [0.717, 1.165) is 0 Å². The van der Waals surface area contributed by atoms with Gasteiger partial charge in [-0.05, 0) is 24.8 Å². The molecule has 1 aromatic rings. The maximum absolute atomic E-state index is 11.9. The van der Waals surface area contributed by atoms with Gasteiger partial charge in [-0.3, -0.25) is 4.79 Å². The smallest absolute Gasteiger partial charge is 0.339 e. The Kier molecular flexibility index (Phi) is 5.78. The topological polar surface area (TPSA) is 78.9 Å². The zero-order valence-corrected chi connectivity index (χ0v) is 13.3. The van der Waals surface area contributed by atoms with Crippen LogP contribution < -0.4 is 4.74 Å². The van der Waals surface area contributed by atoms with Gasteiger partial charge in [0.05, 0.1) is 30.2 Å². The van der Waals surface area contributed by atoms with Crippen LogP contribution in [0.5, 0.6) is 5.75 Å². The zero-order valence-electron chi connectivity index (χ0n) is 12.4. The van der Waals surface area contributed by atoms with Crippen molar-refractivity contribution in [3.05, 3.63) is 22.8 Å². The molecule has 0 saturated carbocycles. The van der Waals surface area contributed by atoms with Crippen LogP contribution in [0.15, 0.2) is 11.0 Å². The second-order valence-electron chi connectivity index (χ2n) is 4.03. The highest BCUT2D eigenvalue weighted by Gasteiger charge is 2.26. The van der Waals surface area contributed by atoms with Gasteiger partial charge in [-0.15, -0.1) is 11.8 Å². The summed E-state index contributed by atoms with van der Waals surface area (Å²) in [6.45, 7) is 2.91. The maximum Gasteiger partial charge on any atom is 0.339 e. The molecule has 0 aliphatic heterocycles. The summed E-state index contributed by atoms with van der Waals surface area (Å²) in [7, 11) is 2.42. The summed E-state index contributed by atoms with van der Waals surface area (Å²) < 4.78 is 14.5. The van der Waals surface area contributed by atoms with E-state index in [1.807, 2.05) is 0 Å². The van der Waals surface area contributed by atoms with E-state index < -0.39 is 17.9 Å². The van der Waals surface area contributed by atoms with E-state index in [2.05, 4.69) is 4.74 Å². The molecular formula is C14H16O6S. The molecule has 7 heteroatoms. The van der Waals surface area contributed by atoms with Crippen molar-refractivity contribution in [1.29, 1.82) is 0 Å². The van der Waals surface area contributed by atoms with Crippen molar-refractivity contribution in [2.24, 2.45) is 0 Å². The van der Waals surface area contributed by atoms with Crippen LogP contribution in [0.2, 0.25) is 0 Å². The third kappa shape index (κ3) is 3.55. The van der Waals surface area contributed by atoms with Crippen molar-refractivity contribution in [2.45, 2.75) is 18.7 Å². The van der Waals surface area contributed by atoms with Crippen LogP contribution in [0.4, 0.5) is 0 Å². The van der Waals surface area contributed by atoms with E-state index in [-0.39, 0.29) is 16.9 Å². The summed E-state index contributed by atoms with van der Waals surface area (Å²) in [6.07, 6.45) is 1.77. The summed E-state index contributed by atoms with van der Waals surface area (Å²) >= 11 is 1.30. The standard InChI is InChI=1S/C14H16O6S/c1-7-11(14(17)19-4)9(13(16)18-3)6-10(12(7)21-5)20-8(2)15/h6H,1-5H3. The van der Waals surface area contributed by atoms with Gasteiger partial charge in [0.15, 0.2) is 0 Å². The summed E-state index contributed by atoms with van der Waals surface area (Å²) in [5, 5.41) is 0. The lowest BCUT2D eigenvalue weighted by molar-refractivity contribution is -0.132. The third-order valence-electron chi connectivity index (χ3n) is 2.74. The number of hydrogen-bond donors (Lipinski definition) is 0. The van der Waals surface area contributed by atoms with Gasteiger partial charge in [-0.25, -0.2) is 9.59 Å². The summed E-state index contributed by atoms with van der Waals surface area (Å²) in [5.74, 6) is -1.68. The fourth-order valence-corrected chi connectivity index (χ4v) is 2.60. The second-order valence-corrected chi connectivity index (χ2v) is 4.85. The number of carbonyl (C=O) groups excluding carboxylic acids is 3. The Balaban J connectivity index is 3.66. The van der Waals surface area contributed by atoms with E-state index in [1.54, 1.807) is 13.2 Å². The lowest BCUT2D eigenvalue weighted by Crippen LogP contribution is -2.16. The largest absolute Gasteiger partial charge is 0.465 e. The molecule has 1 rings (SSSR count). The van der Waals surface area contributed by atoms with Crippen molar-refractivity contribution in [3.63, 3.8) is 0 Å². The molecule has 1 aromatic carbocycles. The number of rotatable bonds is 4. The van der Waals surface area contributed by atoms with Gasteiger partial charge in [0, 0.05) is 6.92 Å². The first kappa shape index (κ1) is 17.0. The van der Waals surface area contributed by atoms with E-state index in [1.165, 1.54) is 39.0 Å². The lowest BCUT2D eigenvalue weighted by Gasteiger charge is -2.16. The average Bonchev–Trinajstić information content (AvgIpc) is 2.44. The minimum absolute atomic E-state index is 0.00380. The van der Waals surface area contributed by atoms with Crippen LogP contribution in [0, 0.1) is 6.92 Å². The molecule has 0 N–H and O–H groups in total. The van der Waals surface area contributed by atoms with E-state index >= 15 is 0 Å². The number of benzene rings is 1. The first-order valence-electron chi connectivity index (χ1n) is 5.94. The maximum atomic E-state index is 11.9. The van der Waals surface area contributed by atoms with Gasteiger partial charge in [0.25, 0.3) is 0 Å². The van der Waals surface area contributed by atoms with Gasteiger partial charge in [0.2, 0.25) is 0 Å². The molecular weight excluding hydrogens is 296 g/mol. The van der Waals surface area contributed by atoms with Crippen molar-refractivity contribution in [3.8, 4) is 5.75 Å². The fourth-order valence-electron chi connectivity index (χ4n) is 1.89. The monoisotopic (exact) mass is 312 g/mol. The van der Waals surface area contributed by atoms with Crippen LogP contribution >= 0.6 is 11.8 Å². The van der Waals surface area contributed by atoms with E-state index in [9.17, 15) is 14.4 Å². The molecule has 0 amide bonds. The third-order valence-corrected chi connectivity index (χ3v) is 3.65. The molecule has 0 aliphatic rings. The highest BCUT2D eigenvalue weighted by molar-refractivity contribution is 7.98. The molecule has 0 spiro atoms. The number of methoxy groups -OCH3 is 2. The molecule has 114 valence electrons. The Hall–Kier alpha value is -2.02. The van der Waals surface area contributed by atoms with Gasteiger partial charge in [-0.1, -0.05) is 0 Å². The van der Waals surface area contributed by atoms with Crippen LogP contribution in [0.25, 0.3) is 0 Å². The SMILES string of the molecule is COC(=O)c1cc(OC(C)=O)c(SC)c(C)c1C(=O)OC. The number of thioether (sulfide) groups is 1. The Bertz CT molecular complexity index is 594. The molecule has 0 aromatic heterocycles. The number of carbonyl (C=O) groups is 3. The first-order chi connectivity index (χ1) is 9.87. The summed E-state index contributed by atoms with van der Waals surface area (Å²) in [4.78, 5) is 35.6. The van der Waals surface area contributed by atoms with Crippen molar-refractivity contribution in [1.82, 2.24) is 0 Å². The molecule has 0 bridgehead atoms. The Morgan fingerprint density at radius 3 is 2.10 bits per heavy atom. The first-order valence-corrected chi connectivity index (χ1v) is 7.16. The number of ether oxygens (including phenoxy) is 3. The predicted molar refractivity (Wildman–Crippen MR) is 76.9 cm³/mol. The van der Waals surface area contributed by atoms with Crippen LogP contribution in [-0.2, 0) is 14.3 Å². The number of esters is 3. The highest BCUT2D eigenvalue weighted by Crippen LogP contribution is 2.36. The minimum atomic E-state index is -0.709. The van der Waals surface area contributed by atoms with Crippen LogP contribution in [-0.4, -0.2) is 38.4 Å². The van der Waals surface area contributed by atoms with Crippen LogP contribution in [0.3, 0.4) is 0 Å². The summed E-state index contributed by atoms with van der Waals surface area (Å²) in [6, 6.07) is 1.32. The molecule has 0 saturated heterocycles. The lowest BCUT2D eigenvalue weighted by atomic mass is 10.0. The second kappa shape index (κ2) is 7.12. The zero-order chi connectivity index (χ0) is 16.2. The quantitative estimate of drug-likeness (QED) is 0.479. The Morgan fingerprint density at radius 2 is 1.67 bits per heavy atom. The molecule has 0 aliphatic carbocycles. The summed E-state index contributed by atoms with van der Waals surface area (Å²) in [5.41, 5.74) is 0.592. The molecule has 21 heavy (non-hydrogen) atoms. The molecule has 0 heterocycles. The predicted octanol–water partition coefficient (Wildman–Crippen LogP) is 2.22. The minimum Gasteiger partial charge on any atom is -0.465 e. The Labute approximate surface area is 126 Å². The number of hydrogen-bond acceptors (Lipinski definition) is 7. The van der Waals surface area contributed by atoms with Gasteiger partial charge in [-0.2, -0.15) is 0 Å². The van der Waals surface area contributed by atoms with Crippen molar-refractivity contribution >= 4 is 29.7 Å². The van der Waals surface area contributed by atoms with Crippen molar-refractivity contribution in [2.75, 3.05) is 20.5 Å². The normalized spacial score (nSPS) is 9.95. The molecule has 6 nitrogen and oxygen atoms in total. The van der Waals surface area contributed by atoms with Gasteiger partial charge < -0.3 is 14.2 Å². The molecule has 0 unspecified atom stereocenters. The molecule has 0 atom stereocenters. The Morgan fingerprint density at radius 1 is 1.10 bits per heavy atom.